The average Bonchev–Trinajstić information content (AvgIpc) is 2.65. The van der Waals surface area contributed by atoms with Gasteiger partial charge < -0.3 is 9.47 Å². The van der Waals surface area contributed by atoms with Crippen molar-refractivity contribution in [3.05, 3.63) is 41.1 Å². The third-order valence-electron chi connectivity index (χ3n) is 5.38. The summed E-state index contributed by atoms with van der Waals surface area (Å²) in [5, 5.41) is 0.907. The van der Waals surface area contributed by atoms with E-state index in [-0.39, 0.29) is 12.1 Å². The van der Waals surface area contributed by atoms with Gasteiger partial charge in [-0.25, -0.2) is 4.79 Å². The Morgan fingerprint density at radius 2 is 2.16 bits per heavy atom. The standard InChI is InChI=1S/C21H25NO3/c1-14-9-10-19-17(12-14)20(16-7-2-3-8-18(16)22-19)21(23)25-13-15-6-4-5-11-24-15/h2-3,7-8,14-15H,4-6,9-13H2,1H3/t14-,15-/m1/s1. The lowest BCUT2D eigenvalue weighted by Crippen LogP contribution is -2.27. The van der Waals surface area contributed by atoms with E-state index in [0.717, 1.165) is 72.9 Å². The number of ether oxygens (including phenoxy) is 2. The molecule has 1 saturated heterocycles. The first-order valence-electron chi connectivity index (χ1n) is 9.41. The summed E-state index contributed by atoms with van der Waals surface area (Å²) in [6.45, 7) is 3.36. The molecule has 1 aliphatic carbocycles. The summed E-state index contributed by atoms with van der Waals surface area (Å²) in [4.78, 5) is 17.8. The molecule has 0 spiro atoms. The molecule has 0 bridgehead atoms. The molecule has 4 rings (SSSR count). The van der Waals surface area contributed by atoms with Crippen LogP contribution in [0, 0.1) is 5.92 Å². The number of rotatable bonds is 3. The van der Waals surface area contributed by atoms with Gasteiger partial charge in [0.1, 0.15) is 6.61 Å². The van der Waals surface area contributed by atoms with Crippen molar-refractivity contribution in [2.75, 3.05) is 13.2 Å². The van der Waals surface area contributed by atoms with Crippen LogP contribution in [0.3, 0.4) is 0 Å². The van der Waals surface area contributed by atoms with Gasteiger partial charge in [-0.05, 0) is 56.1 Å². The van der Waals surface area contributed by atoms with Gasteiger partial charge in [-0.3, -0.25) is 4.98 Å². The molecule has 1 aromatic heterocycles. The number of hydrogen-bond acceptors (Lipinski definition) is 4. The van der Waals surface area contributed by atoms with Crippen LogP contribution in [0.5, 0.6) is 0 Å². The van der Waals surface area contributed by atoms with E-state index in [9.17, 15) is 4.79 Å². The molecule has 1 fully saturated rings. The molecular weight excluding hydrogens is 314 g/mol. The fourth-order valence-corrected chi connectivity index (χ4v) is 3.98. The highest BCUT2D eigenvalue weighted by Gasteiger charge is 2.27. The number of carbonyl (C=O) groups excluding carboxylic acids is 1. The number of nitrogens with zero attached hydrogens (tertiary/aromatic N) is 1. The molecular formula is C21H25NO3. The number of hydrogen-bond donors (Lipinski definition) is 0. The van der Waals surface area contributed by atoms with Crippen molar-refractivity contribution in [3.8, 4) is 0 Å². The van der Waals surface area contributed by atoms with Gasteiger partial charge in [-0.2, -0.15) is 0 Å². The zero-order chi connectivity index (χ0) is 17.2. The minimum atomic E-state index is -0.224. The first kappa shape index (κ1) is 16.5. The highest BCUT2D eigenvalue weighted by atomic mass is 16.6. The second kappa shape index (κ2) is 7.12. The van der Waals surface area contributed by atoms with Crippen LogP contribution in [-0.4, -0.2) is 30.3 Å². The largest absolute Gasteiger partial charge is 0.459 e. The number of fused-ring (bicyclic) bond motifs is 2. The molecule has 0 saturated carbocycles. The average molecular weight is 339 g/mol. The van der Waals surface area contributed by atoms with Gasteiger partial charge in [0.25, 0.3) is 0 Å². The summed E-state index contributed by atoms with van der Waals surface area (Å²) in [6, 6.07) is 7.89. The summed E-state index contributed by atoms with van der Waals surface area (Å²) >= 11 is 0. The number of aromatic nitrogens is 1. The smallest absolute Gasteiger partial charge is 0.339 e. The Labute approximate surface area is 148 Å². The molecule has 1 aliphatic heterocycles. The van der Waals surface area contributed by atoms with E-state index in [4.69, 9.17) is 14.5 Å². The van der Waals surface area contributed by atoms with Gasteiger partial charge in [0.15, 0.2) is 0 Å². The molecule has 0 N–H and O–H groups in total. The maximum atomic E-state index is 13.0. The maximum Gasteiger partial charge on any atom is 0.339 e. The number of benzene rings is 1. The van der Waals surface area contributed by atoms with E-state index in [1.54, 1.807) is 0 Å². The second-order valence-electron chi connectivity index (χ2n) is 7.36. The Balaban J connectivity index is 1.66. The fourth-order valence-electron chi connectivity index (χ4n) is 3.98. The van der Waals surface area contributed by atoms with E-state index < -0.39 is 0 Å². The van der Waals surface area contributed by atoms with Gasteiger partial charge in [0.2, 0.25) is 0 Å². The lowest BCUT2D eigenvalue weighted by molar-refractivity contribution is -0.0300. The summed E-state index contributed by atoms with van der Waals surface area (Å²) in [5.74, 6) is 0.349. The predicted molar refractivity (Wildman–Crippen MR) is 96.8 cm³/mol. The highest BCUT2D eigenvalue weighted by Crippen LogP contribution is 2.32. The summed E-state index contributed by atoms with van der Waals surface area (Å²) in [5.41, 5.74) is 3.77. The van der Waals surface area contributed by atoms with Crippen LogP contribution in [0.15, 0.2) is 24.3 Å². The van der Waals surface area contributed by atoms with Crippen molar-refractivity contribution in [1.82, 2.24) is 4.98 Å². The van der Waals surface area contributed by atoms with Crippen molar-refractivity contribution >= 4 is 16.9 Å². The Morgan fingerprint density at radius 3 is 3.00 bits per heavy atom. The Morgan fingerprint density at radius 1 is 1.28 bits per heavy atom. The molecule has 4 heteroatoms. The summed E-state index contributed by atoms with van der Waals surface area (Å²) < 4.78 is 11.4. The minimum absolute atomic E-state index is 0.0422. The van der Waals surface area contributed by atoms with Gasteiger partial charge in [0, 0.05) is 17.7 Å². The molecule has 4 nitrogen and oxygen atoms in total. The molecule has 2 heterocycles. The van der Waals surface area contributed by atoms with Crippen LogP contribution in [0.2, 0.25) is 0 Å². The van der Waals surface area contributed by atoms with E-state index in [0.29, 0.717) is 12.5 Å². The Bertz CT molecular complexity index is 780. The lowest BCUT2D eigenvalue weighted by Gasteiger charge is -2.25. The van der Waals surface area contributed by atoms with Gasteiger partial charge >= 0.3 is 5.97 Å². The van der Waals surface area contributed by atoms with Crippen molar-refractivity contribution in [1.29, 1.82) is 0 Å². The zero-order valence-electron chi connectivity index (χ0n) is 14.8. The van der Waals surface area contributed by atoms with Crippen molar-refractivity contribution in [2.24, 2.45) is 5.92 Å². The van der Waals surface area contributed by atoms with Crippen molar-refractivity contribution in [2.45, 2.75) is 51.6 Å². The van der Waals surface area contributed by atoms with E-state index in [1.165, 1.54) is 0 Å². The van der Waals surface area contributed by atoms with E-state index >= 15 is 0 Å². The molecule has 0 radical (unpaired) electrons. The van der Waals surface area contributed by atoms with Crippen LogP contribution in [-0.2, 0) is 22.3 Å². The molecule has 132 valence electrons. The quantitative estimate of drug-likeness (QED) is 0.791. The highest BCUT2D eigenvalue weighted by molar-refractivity contribution is 6.05. The first-order chi connectivity index (χ1) is 12.2. The van der Waals surface area contributed by atoms with Crippen LogP contribution in [0.1, 0.15) is 54.2 Å². The van der Waals surface area contributed by atoms with Gasteiger partial charge in [-0.15, -0.1) is 0 Å². The van der Waals surface area contributed by atoms with E-state index in [1.807, 2.05) is 24.3 Å². The minimum Gasteiger partial charge on any atom is -0.459 e. The van der Waals surface area contributed by atoms with Crippen LogP contribution < -0.4 is 0 Å². The number of pyridine rings is 1. The number of para-hydroxylation sites is 1. The fraction of sp³-hybridized carbons (Fsp3) is 0.524. The third kappa shape index (κ3) is 3.40. The Kier molecular flexibility index (Phi) is 4.71. The number of aryl methyl sites for hydroxylation is 1. The molecule has 25 heavy (non-hydrogen) atoms. The first-order valence-corrected chi connectivity index (χ1v) is 9.41. The third-order valence-corrected chi connectivity index (χ3v) is 5.38. The molecule has 2 atom stereocenters. The molecule has 2 aliphatic rings. The number of carbonyl (C=O) groups is 1. The van der Waals surface area contributed by atoms with E-state index in [2.05, 4.69) is 6.92 Å². The van der Waals surface area contributed by atoms with Gasteiger partial charge in [0.05, 0.1) is 17.2 Å². The normalized spacial score (nSPS) is 23.2. The molecule has 1 aromatic carbocycles. The number of esters is 1. The predicted octanol–water partition coefficient (Wildman–Crippen LogP) is 4.09. The van der Waals surface area contributed by atoms with Crippen LogP contribution in [0.4, 0.5) is 0 Å². The Hall–Kier alpha value is -1.94. The van der Waals surface area contributed by atoms with Crippen molar-refractivity contribution in [3.63, 3.8) is 0 Å². The zero-order valence-corrected chi connectivity index (χ0v) is 14.8. The van der Waals surface area contributed by atoms with Crippen LogP contribution in [0.25, 0.3) is 10.9 Å². The van der Waals surface area contributed by atoms with Crippen LogP contribution >= 0.6 is 0 Å². The molecule has 0 unspecified atom stereocenters. The summed E-state index contributed by atoms with van der Waals surface area (Å²) in [7, 11) is 0. The summed E-state index contributed by atoms with van der Waals surface area (Å²) in [6.07, 6.45) is 6.23. The monoisotopic (exact) mass is 339 g/mol. The van der Waals surface area contributed by atoms with Gasteiger partial charge in [-0.1, -0.05) is 25.1 Å². The lowest BCUT2D eigenvalue weighted by atomic mass is 9.84. The van der Waals surface area contributed by atoms with Crippen molar-refractivity contribution < 1.29 is 14.3 Å². The maximum absolute atomic E-state index is 13.0. The molecule has 0 amide bonds. The molecule has 2 aromatic rings. The topological polar surface area (TPSA) is 48.4 Å². The SMILES string of the molecule is C[C@@H]1CCc2nc3ccccc3c(C(=O)OC[C@H]3CCCCO3)c2C1. The second-order valence-corrected chi connectivity index (χ2v) is 7.36.